The highest BCUT2D eigenvalue weighted by atomic mass is 31.2. The number of hydrogen-bond donors (Lipinski definition) is 4. The molecule has 0 bridgehead atoms. The van der Waals surface area contributed by atoms with Crippen LogP contribution in [0.3, 0.4) is 0 Å². The maximum absolute atomic E-state index is 11.3. The van der Waals surface area contributed by atoms with E-state index in [4.69, 9.17) is 15.0 Å². The van der Waals surface area contributed by atoms with Gasteiger partial charge in [0.15, 0.2) is 6.23 Å². The van der Waals surface area contributed by atoms with Gasteiger partial charge in [-0.15, -0.1) is 0 Å². The zero-order valence-corrected chi connectivity index (χ0v) is 14.2. The molecule has 0 saturated heterocycles. The first kappa shape index (κ1) is 20.0. The average Bonchev–Trinajstić information content (AvgIpc) is 2.48. The molecule has 0 spiro atoms. The van der Waals surface area contributed by atoms with E-state index in [2.05, 4.69) is 9.52 Å². The number of aliphatic imine (C=N–C) groups is 1. The van der Waals surface area contributed by atoms with Crippen molar-refractivity contribution in [3.8, 4) is 0 Å². The highest BCUT2D eigenvalue weighted by Crippen LogP contribution is 2.42. The molecule has 0 aliphatic carbocycles. The Morgan fingerprint density at radius 2 is 2.22 bits per heavy atom. The molecule has 0 amide bonds. The van der Waals surface area contributed by atoms with E-state index in [1.54, 1.807) is 6.92 Å². The van der Waals surface area contributed by atoms with Crippen LogP contribution in [0.2, 0.25) is 0 Å². The van der Waals surface area contributed by atoms with Gasteiger partial charge in [-0.25, -0.2) is 9.56 Å². The van der Waals surface area contributed by atoms with Crippen molar-refractivity contribution in [3.05, 3.63) is 12.3 Å². The molecule has 2 unspecified atom stereocenters. The number of hydrogen-bond acceptors (Lipinski definition) is 9. The number of ether oxygens (including phenoxy) is 1. The van der Waals surface area contributed by atoms with Gasteiger partial charge in [-0.2, -0.15) is 0 Å². The first-order valence-electron chi connectivity index (χ1n) is 7.03. The smallest absolute Gasteiger partial charge is 0.389 e. The van der Waals surface area contributed by atoms with Crippen molar-refractivity contribution in [2.45, 2.75) is 45.1 Å². The molecular weight excluding hydrogens is 329 g/mol. The molecular formula is C12H24N3O7P. The second kappa shape index (κ2) is 8.74. The Morgan fingerprint density at radius 1 is 1.57 bits per heavy atom. The maximum atomic E-state index is 11.3. The van der Waals surface area contributed by atoms with Crippen LogP contribution in [0.4, 0.5) is 0 Å². The minimum absolute atomic E-state index is 0.148. The number of aliphatic hydroxyl groups is 2. The fraction of sp³-hybridized carbons (Fsp3) is 0.750. The van der Waals surface area contributed by atoms with E-state index in [1.807, 2.05) is 0 Å². The lowest BCUT2D eigenvalue weighted by Crippen LogP contribution is -2.50. The van der Waals surface area contributed by atoms with E-state index in [0.29, 0.717) is 6.42 Å². The van der Waals surface area contributed by atoms with Crippen LogP contribution in [0.1, 0.15) is 20.3 Å². The molecule has 23 heavy (non-hydrogen) atoms. The lowest BCUT2D eigenvalue weighted by Gasteiger charge is -2.37. The predicted molar refractivity (Wildman–Crippen MR) is 82.0 cm³/mol. The standard InChI is InChI=1S/C12H24N3O7P/c1-4-9(7-21-23(18,19)20-3)22-11(8(2)16)15-6-5-10(13)14-12(15)17/h5-6,8-9,11-12,16-17H,4,7H2,1-3H3,(H2,13,14)(H,18,19)/t8-,9+,11+,12?/m0/s1. The fourth-order valence-electron chi connectivity index (χ4n) is 1.81. The number of phosphoric ester groups is 1. The third-order valence-electron chi connectivity index (χ3n) is 3.10. The van der Waals surface area contributed by atoms with Crippen LogP contribution in [0, 0.1) is 0 Å². The van der Waals surface area contributed by atoms with Crippen LogP contribution >= 0.6 is 7.82 Å². The summed E-state index contributed by atoms with van der Waals surface area (Å²) in [5.74, 6) is 0.148. The molecule has 0 saturated carbocycles. The lowest BCUT2D eigenvalue weighted by molar-refractivity contribution is -0.177. The summed E-state index contributed by atoms with van der Waals surface area (Å²) in [6.45, 7) is 3.04. The number of amidine groups is 1. The Morgan fingerprint density at radius 3 is 2.70 bits per heavy atom. The van der Waals surface area contributed by atoms with Gasteiger partial charge in [0, 0.05) is 13.3 Å². The Bertz CT molecular complexity index is 485. The van der Waals surface area contributed by atoms with Gasteiger partial charge in [0.1, 0.15) is 5.84 Å². The molecule has 1 rings (SSSR count). The fourth-order valence-corrected chi connectivity index (χ4v) is 2.27. The van der Waals surface area contributed by atoms with Gasteiger partial charge in [-0.1, -0.05) is 6.92 Å². The molecule has 0 aromatic rings. The molecule has 10 nitrogen and oxygen atoms in total. The Kier molecular flexibility index (Phi) is 7.62. The number of nitrogens with zero attached hydrogens (tertiary/aromatic N) is 2. The van der Waals surface area contributed by atoms with Crippen molar-refractivity contribution in [1.29, 1.82) is 0 Å². The van der Waals surface area contributed by atoms with Crippen LogP contribution < -0.4 is 5.73 Å². The van der Waals surface area contributed by atoms with Gasteiger partial charge in [0.05, 0.1) is 18.8 Å². The summed E-state index contributed by atoms with van der Waals surface area (Å²) >= 11 is 0. The van der Waals surface area contributed by atoms with Crippen LogP contribution in [0.5, 0.6) is 0 Å². The zero-order chi connectivity index (χ0) is 17.6. The van der Waals surface area contributed by atoms with Gasteiger partial charge in [0.25, 0.3) is 0 Å². The van der Waals surface area contributed by atoms with Crippen LogP contribution in [0.25, 0.3) is 0 Å². The van der Waals surface area contributed by atoms with Crippen LogP contribution in [0.15, 0.2) is 17.3 Å². The van der Waals surface area contributed by atoms with Gasteiger partial charge in [0.2, 0.25) is 6.35 Å². The van der Waals surface area contributed by atoms with Gasteiger partial charge >= 0.3 is 7.82 Å². The van der Waals surface area contributed by atoms with Crippen LogP contribution in [-0.4, -0.2) is 64.3 Å². The van der Waals surface area contributed by atoms with E-state index in [9.17, 15) is 19.7 Å². The van der Waals surface area contributed by atoms with E-state index in [1.165, 1.54) is 24.1 Å². The summed E-state index contributed by atoms with van der Waals surface area (Å²) in [6, 6.07) is 0. The third-order valence-corrected chi connectivity index (χ3v) is 4.03. The quantitative estimate of drug-likeness (QED) is 0.411. The Hall–Kier alpha value is -1.00. The van der Waals surface area contributed by atoms with Crippen molar-refractivity contribution in [2.24, 2.45) is 10.7 Å². The molecule has 11 heteroatoms. The Balaban J connectivity index is 2.74. The number of rotatable bonds is 9. The van der Waals surface area contributed by atoms with E-state index < -0.39 is 32.6 Å². The monoisotopic (exact) mass is 353 g/mol. The summed E-state index contributed by atoms with van der Waals surface area (Å²) in [5.41, 5.74) is 5.48. The summed E-state index contributed by atoms with van der Waals surface area (Å²) in [5, 5.41) is 19.8. The maximum Gasteiger partial charge on any atom is 0.472 e. The zero-order valence-electron chi connectivity index (χ0n) is 13.3. The largest absolute Gasteiger partial charge is 0.472 e. The van der Waals surface area contributed by atoms with E-state index >= 15 is 0 Å². The van der Waals surface area contributed by atoms with Gasteiger partial charge in [-0.3, -0.25) is 9.05 Å². The van der Waals surface area contributed by atoms with Crippen molar-refractivity contribution < 1.29 is 33.5 Å². The van der Waals surface area contributed by atoms with Crippen molar-refractivity contribution in [1.82, 2.24) is 4.90 Å². The molecule has 1 aliphatic heterocycles. The highest BCUT2D eigenvalue weighted by Gasteiger charge is 2.31. The minimum atomic E-state index is -4.12. The van der Waals surface area contributed by atoms with Gasteiger partial charge in [-0.05, 0) is 19.4 Å². The predicted octanol–water partition coefficient (Wildman–Crippen LogP) is -0.286. The first-order chi connectivity index (χ1) is 10.7. The molecule has 1 aliphatic rings. The van der Waals surface area contributed by atoms with E-state index in [0.717, 1.165) is 7.11 Å². The van der Waals surface area contributed by atoms with Crippen molar-refractivity contribution in [2.75, 3.05) is 13.7 Å². The van der Waals surface area contributed by atoms with E-state index in [-0.39, 0.29) is 12.4 Å². The number of aliphatic hydroxyl groups excluding tert-OH is 2. The molecule has 5 N–H and O–H groups in total. The topological polar surface area (TPSA) is 147 Å². The van der Waals surface area contributed by atoms with Crippen LogP contribution in [-0.2, 0) is 18.3 Å². The number of nitrogens with two attached hydrogens (primary N) is 1. The summed E-state index contributed by atoms with van der Waals surface area (Å²) in [7, 11) is -3.06. The lowest BCUT2D eigenvalue weighted by atomic mass is 10.2. The second-order valence-electron chi connectivity index (χ2n) is 4.91. The minimum Gasteiger partial charge on any atom is -0.389 e. The van der Waals surface area contributed by atoms with Gasteiger partial charge < -0.3 is 30.5 Å². The SMILES string of the molecule is CC[C@H](COP(=O)(O)OC)O[C@H]([C@H](C)O)N1C=CC(N)=NC1O. The molecule has 5 atom stereocenters. The summed E-state index contributed by atoms with van der Waals surface area (Å²) in [6.07, 6.45) is -0.519. The average molecular weight is 353 g/mol. The second-order valence-corrected chi connectivity index (χ2v) is 6.47. The third kappa shape index (κ3) is 6.19. The highest BCUT2D eigenvalue weighted by molar-refractivity contribution is 7.47. The molecule has 1 heterocycles. The van der Waals surface area contributed by atoms with Crippen molar-refractivity contribution in [3.63, 3.8) is 0 Å². The normalized spacial score (nSPS) is 24.7. The van der Waals surface area contributed by atoms with Crippen molar-refractivity contribution >= 4 is 13.7 Å². The summed E-state index contributed by atoms with van der Waals surface area (Å²) < 4.78 is 26.1. The molecule has 0 fully saturated rings. The number of phosphoric acid groups is 1. The first-order valence-corrected chi connectivity index (χ1v) is 8.53. The molecule has 0 aromatic carbocycles. The molecule has 134 valence electrons. The molecule has 0 aromatic heterocycles. The summed E-state index contributed by atoms with van der Waals surface area (Å²) in [4.78, 5) is 14.3. The Labute approximate surface area is 134 Å². The molecule has 0 radical (unpaired) electrons.